The van der Waals surface area contributed by atoms with Gasteiger partial charge in [0.25, 0.3) is 0 Å². The van der Waals surface area contributed by atoms with Crippen LogP contribution in [0, 0.1) is 0 Å². The predicted octanol–water partition coefficient (Wildman–Crippen LogP) is 1.94. The van der Waals surface area contributed by atoms with Gasteiger partial charge in [0.2, 0.25) is 5.91 Å². The van der Waals surface area contributed by atoms with E-state index in [1.807, 2.05) is 6.07 Å². The number of carbonyl (C=O) groups excluding carboxylic acids is 2. The zero-order valence-corrected chi connectivity index (χ0v) is 8.20. The second-order valence-electron chi connectivity index (χ2n) is 3.30. The molecule has 0 fully saturated rings. The molecule has 0 aliphatic rings. The first-order valence-electron chi connectivity index (χ1n) is 4.54. The number of benzene rings is 1. The molecular weight excluding hydrogens is 192 g/mol. The number of hydrogen-bond acceptors (Lipinski definition) is 2. The van der Waals surface area contributed by atoms with E-state index in [1.54, 1.807) is 18.3 Å². The van der Waals surface area contributed by atoms with Crippen LogP contribution >= 0.6 is 0 Å². The fourth-order valence-electron chi connectivity index (χ4n) is 1.57. The van der Waals surface area contributed by atoms with Crippen molar-refractivity contribution in [1.29, 1.82) is 0 Å². The van der Waals surface area contributed by atoms with Crippen molar-refractivity contribution in [1.82, 2.24) is 4.98 Å². The SMILES string of the molecule is CC(=O)Nc1cc(C=O)c2cc[nH]c2c1. The van der Waals surface area contributed by atoms with Gasteiger partial charge in [0.1, 0.15) is 0 Å². The summed E-state index contributed by atoms with van der Waals surface area (Å²) in [4.78, 5) is 24.7. The Morgan fingerprint density at radius 3 is 2.93 bits per heavy atom. The maximum atomic E-state index is 10.9. The van der Waals surface area contributed by atoms with Crippen molar-refractivity contribution in [2.45, 2.75) is 6.92 Å². The topological polar surface area (TPSA) is 62.0 Å². The Balaban J connectivity index is 2.58. The second kappa shape index (κ2) is 3.57. The van der Waals surface area contributed by atoms with Gasteiger partial charge in [-0.25, -0.2) is 0 Å². The third-order valence-corrected chi connectivity index (χ3v) is 2.15. The van der Waals surface area contributed by atoms with Gasteiger partial charge in [-0.05, 0) is 18.2 Å². The molecule has 0 radical (unpaired) electrons. The lowest BCUT2D eigenvalue weighted by atomic mass is 10.1. The molecule has 0 bridgehead atoms. The molecule has 4 nitrogen and oxygen atoms in total. The number of anilines is 1. The third-order valence-electron chi connectivity index (χ3n) is 2.15. The van der Waals surface area contributed by atoms with Crippen molar-refractivity contribution in [2.24, 2.45) is 0 Å². The first-order valence-corrected chi connectivity index (χ1v) is 4.54. The molecule has 15 heavy (non-hydrogen) atoms. The summed E-state index contributed by atoms with van der Waals surface area (Å²) in [5.41, 5.74) is 2.03. The van der Waals surface area contributed by atoms with Crippen LogP contribution in [0.5, 0.6) is 0 Å². The average Bonchev–Trinajstić information content (AvgIpc) is 2.63. The molecule has 0 aliphatic carbocycles. The minimum absolute atomic E-state index is 0.155. The molecule has 1 amide bonds. The number of aldehydes is 1. The van der Waals surface area contributed by atoms with Gasteiger partial charge < -0.3 is 10.3 Å². The minimum atomic E-state index is -0.155. The van der Waals surface area contributed by atoms with E-state index in [0.717, 1.165) is 17.2 Å². The number of aromatic amines is 1. The van der Waals surface area contributed by atoms with Gasteiger partial charge in [0.05, 0.1) is 0 Å². The van der Waals surface area contributed by atoms with Gasteiger partial charge in [-0.2, -0.15) is 0 Å². The Kier molecular flexibility index (Phi) is 2.25. The number of hydrogen-bond donors (Lipinski definition) is 2. The van der Waals surface area contributed by atoms with Gasteiger partial charge in [-0.15, -0.1) is 0 Å². The molecule has 2 aromatic rings. The maximum absolute atomic E-state index is 10.9. The monoisotopic (exact) mass is 202 g/mol. The van der Waals surface area contributed by atoms with Crippen LogP contribution in [-0.2, 0) is 4.79 Å². The van der Waals surface area contributed by atoms with Crippen molar-refractivity contribution in [3.63, 3.8) is 0 Å². The smallest absolute Gasteiger partial charge is 0.221 e. The summed E-state index contributed by atoms with van der Waals surface area (Å²) in [7, 11) is 0. The van der Waals surface area contributed by atoms with Crippen LogP contribution in [0.15, 0.2) is 24.4 Å². The highest BCUT2D eigenvalue weighted by molar-refractivity contribution is 6.01. The normalized spacial score (nSPS) is 10.2. The highest BCUT2D eigenvalue weighted by atomic mass is 16.1. The van der Waals surface area contributed by atoms with Gasteiger partial charge in [-0.1, -0.05) is 0 Å². The van der Waals surface area contributed by atoms with E-state index < -0.39 is 0 Å². The molecule has 0 saturated heterocycles. The number of aromatic nitrogens is 1. The lowest BCUT2D eigenvalue weighted by Gasteiger charge is -2.03. The summed E-state index contributed by atoms with van der Waals surface area (Å²) in [6.07, 6.45) is 2.54. The van der Waals surface area contributed by atoms with Crippen LogP contribution in [0.1, 0.15) is 17.3 Å². The molecule has 1 aromatic heterocycles. The van der Waals surface area contributed by atoms with Gasteiger partial charge in [0.15, 0.2) is 6.29 Å². The summed E-state index contributed by atoms with van der Waals surface area (Å²) in [6, 6.07) is 5.28. The highest BCUT2D eigenvalue weighted by Gasteiger charge is 2.04. The van der Waals surface area contributed by atoms with E-state index in [2.05, 4.69) is 10.3 Å². The summed E-state index contributed by atoms with van der Waals surface area (Å²) < 4.78 is 0. The molecule has 4 heteroatoms. The lowest BCUT2D eigenvalue weighted by Crippen LogP contribution is -2.06. The van der Waals surface area contributed by atoms with Crippen molar-refractivity contribution in [2.75, 3.05) is 5.32 Å². The molecule has 1 heterocycles. The highest BCUT2D eigenvalue weighted by Crippen LogP contribution is 2.21. The molecule has 76 valence electrons. The van der Waals surface area contributed by atoms with Gasteiger partial charge >= 0.3 is 0 Å². The summed E-state index contributed by atoms with van der Waals surface area (Å²) in [5.74, 6) is -0.155. The molecule has 0 spiro atoms. The van der Waals surface area contributed by atoms with Crippen LogP contribution in [0.3, 0.4) is 0 Å². The van der Waals surface area contributed by atoms with Crippen molar-refractivity contribution in [3.8, 4) is 0 Å². The summed E-state index contributed by atoms with van der Waals surface area (Å²) in [6.45, 7) is 1.43. The number of rotatable bonds is 2. The van der Waals surface area contributed by atoms with E-state index >= 15 is 0 Å². The molecule has 0 saturated carbocycles. The van der Waals surface area contributed by atoms with E-state index in [-0.39, 0.29) is 5.91 Å². The summed E-state index contributed by atoms with van der Waals surface area (Å²) >= 11 is 0. The van der Waals surface area contributed by atoms with E-state index in [0.29, 0.717) is 11.3 Å². The number of H-pyrrole nitrogens is 1. The Morgan fingerprint density at radius 1 is 1.47 bits per heavy atom. The molecule has 0 unspecified atom stereocenters. The number of carbonyl (C=O) groups is 2. The lowest BCUT2D eigenvalue weighted by molar-refractivity contribution is -0.114. The number of fused-ring (bicyclic) bond motifs is 1. The first kappa shape index (κ1) is 9.45. The predicted molar refractivity (Wildman–Crippen MR) is 58.0 cm³/mol. The minimum Gasteiger partial charge on any atom is -0.361 e. The average molecular weight is 202 g/mol. The fourth-order valence-corrected chi connectivity index (χ4v) is 1.57. The van der Waals surface area contributed by atoms with Gasteiger partial charge in [0, 0.05) is 35.3 Å². The molecule has 2 N–H and O–H groups in total. The third kappa shape index (κ3) is 1.74. The van der Waals surface area contributed by atoms with Crippen molar-refractivity contribution < 1.29 is 9.59 Å². The van der Waals surface area contributed by atoms with E-state index in [4.69, 9.17) is 0 Å². The first-order chi connectivity index (χ1) is 7.20. The molecule has 0 aliphatic heterocycles. The fraction of sp³-hybridized carbons (Fsp3) is 0.0909. The van der Waals surface area contributed by atoms with Crippen LogP contribution in [-0.4, -0.2) is 17.2 Å². The second-order valence-corrected chi connectivity index (χ2v) is 3.30. The molecule has 0 atom stereocenters. The van der Waals surface area contributed by atoms with E-state index in [1.165, 1.54) is 6.92 Å². The quantitative estimate of drug-likeness (QED) is 0.731. The standard InChI is InChI=1S/C11H10N2O2/c1-7(15)13-9-4-8(6-14)10-2-3-12-11(10)5-9/h2-6,12H,1H3,(H,13,15). The Morgan fingerprint density at radius 2 is 2.27 bits per heavy atom. The van der Waals surface area contributed by atoms with Crippen LogP contribution in [0.2, 0.25) is 0 Å². The molecule has 1 aromatic carbocycles. The van der Waals surface area contributed by atoms with E-state index in [9.17, 15) is 9.59 Å². The molecular formula is C11H10N2O2. The largest absolute Gasteiger partial charge is 0.361 e. The van der Waals surface area contributed by atoms with Crippen molar-refractivity contribution >= 4 is 28.8 Å². The van der Waals surface area contributed by atoms with Gasteiger partial charge in [-0.3, -0.25) is 9.59 Å². The Labute approximate surface area is 86.3 Å². The van der Waals surface area contributed by atoms with Crippen LogP contribution < -0.4 is 5.32 Å². The number of nitrogens with one attached hydrogen (secondary N) is 2. The Bertz CT molecular complexity index is 528. The van der Waals surface area contributed by atoms with Crippen LogP contribution in [0.4, 0.5) is 5.69 Å². The van der Waals surface area contributed by atoms with Crippen molar-refractivity contribution in [3.05, 3.63) is 30.0 Å². The number of amides is 1. The maximum Gasteiger partial charge on any atom is 0.221 e. The zero-order valence-electron chi connectivity index (χ0n) is 8.20. The Hall–Kier alpha value is -2.10. The zero-order chi connectivity index (χ0) is 10.8. The summed E-state index contributed by atoms with van der Waals surface area (Å²) in [5, 5.41) is 3.50. The molecule has 2 rings (SSSR count). The van der Waals surface area contributed by atoms with Crippen LogP contribution in [0.25, 0.3) is 10.9 Å².